The summed E-state index contributed by atoms with van der Waals surface area (Å²) in [4.78, 5) is 0. The van der Waals surface area contributed by atoms with Gasteiger partial charge in [-0.05, 0) is 32.0 Å². The zero-order chi connectivity index (χ0) is 17.3. The maximum absolute atomic E-state index is 10.5. The van der Waals surface area contributed by atoms with Gasteiger partial charge in [-0.25, -0.2) is 0 Å². The molecule has 0 saturated carbocycles. The van der Waals surface area contributed by atoms with Gasteiger partial charge in [0.05, 0.1) is 12.7 Å². The molecule has 1 aliphatic heterocycles. The molecule has 0 radical (unpaired) electrons. The molecule has 0 spiro atoms. The zero-order valence-electron chi connectivity index (χ0n) is 15.5. The quantitative estimate of drug-likeness (QED) is 0.596. The normalized spacial score (nSPS) is 28.4. The molecule has 5 heteroatoms. The fraction of sp³-hybridized carbons (Fsp3) is 0.882. The highest BCUT2D eigenvalue weighted by Gasteiger charge is 2.47. The van der Waals surface area contributed by atoms with Crippen molar-refractivity contribution in [3.63, 3.8) is 0 Å². The zero-order valence-corrected chi connectivity index (χ0v) is 16.5. The molecular formula is C17H34O4Si. The van der Waals surface area contributed by atoms with Crippen molar-refractivity contribution < 1.29 is 19.0 Å². The van der Waals surface area contributed by atoms with Gasteiger partial charge < -0.3 is 19.0 Å². The van der Waals surface area contributed by atoms with E-state index in [4.69, 9.17) is 13.9 Å². The van der Waals surface area contributed by atoms with Crippen molar-refractivity contribution in [3.8, 4) is 0 Å². The molecule has 0 bridgehead atoms. The molecule has 1 saturated heterocycles. The molecule has 1 rings (SSSR count). The SMILES string of the molecule is C=C[C@H](C)[C@H](O)[C@H]1OC(C)(C)O[C@@H]1CO[Si](C)(C)C(C)(C)C. The van der Waals surface area contributed by atoms with E-state index >= 15 is 0 Å². The van der Waals surface area contributed by atoms with E-state index in [1.54, 1.807) is 6.08 Å². The molecule has 1 heterocycles. The third-order valence-electron chi connectivity index (χ3n) is 4.88. The molecule has 4 atom stereocenters. The fourth-order valence-corrected chi connectivity index (χ4v) is 3.24. The van der Waals surface area contributed by atoms with Crippen LogP contribution in [0.25, 0.3) is 0 Å². The molecule has 1 aliphatic rings. The molecule has 0 unspecified atom stereocenters. The van der Waals surface area contributed by atoms with Crippen molar-refractivity contribution in [3.05, 3.63) is 12.7 Å². The minimum Gasteiger partial charge on any atom is -0.414 e. The van der Waals surface area contributed by atoms with Crippen molar-refractivity contribution >= 4 is 8.32 Å². The van der Waals surface area contributed by atoms with Gasteiger partial charge in [-0.1, -0.05) is 33.8 Å². The summed E-state index contributed by atoms with van der Waals surface area (Å²) in [6, 6.07) is 0. The lowest BCUT2D eigenvalue weighted by Crippen LogP contribution is -2.46. The highest BCUT2D eigenvalue weighted by atomic mass is 28.4. The van der Waals surface area contributed by atoms with E-state index < -0.39 is 26.3 Å². The van der Waals surface area contributed by atoms with Gasteiger partial charge in [0.2, 0.25) is 0 Å². The molecule has 130 valence electrons. The Bertz CT molecular complexity index is 387. The number of hydrogen-bond donors (Lipinski definition) is 1. The Hall–Kier alpha value is -0.203. The van der Waals surface area contributed by atoms with Gasteiger partial charge in [0, 0.05) is 5.92 Å². The Kier molecular flexibility index (Phi) is 6.07. The standard InChI is InChI=1S/C17H34O4Si/c1-10-12(2)14(18)15-13(20-17(6,7)21-15)11-19-22(8,9)16(3,4)5/h10,12-15,18H,1,11H2,2-9H3/t12-,13+,14-,15-/m0/s1. The Balaban J connectivity index is 2.80. The van der Waals surface area contributed by atoms with E-state index in [9.17, 15) is 5.11 Å². The van der Waals surface area contributed by atoms with Gasteiger partial charge in [-0.3, -0.25) is 0 Å². The van der Waals surface area contributed by atoms with Gasteiger partial charge in [0.1, 0.15) is 12.2 Å². The van der Waals surface area contributed by atoms with Crippen LogP contribution in [0, 0.1) is 5.92 Å². The lowest BCUT2D eigenvalue weighted by Gasteiger charge is -2.37. The summed E-state index contributed by atoms with van der Waals surface area (Å²) < 4.78 is 18.1. The van der Waals surface area contributed by atoms with Crippen LogP contribution in [0.4, 0.5) is 0 Å². The van der Waals surface area contributed by atoms with Gasteiger partial charge >= 0.3 is 0 Å². The van der Waals surface area contributed by atoms with Crippen LogP contribution in [0.15, 0.2) is 12.7 Å². The van der Waals surface area contributed by atoms with Gasteiger partial charge in [-0.2, -0.15) is 0 Å². The summed E-state index contributed by atoms with van der Waals surface area (Å²) in [5.74, 6) is -0.758. The minimum absolute atomic E-state index is 0.0575. The van der Waals surface area contributed by atoms with Crippen LogP contribution >= 0.6 is 0 Å². The first kappa shape index (κ1) is 19.8. The molecule has 0 aromatic carbocycles. The second-order valence-electron chi connectivity index (χ2n) is 8.30. The number of ether oxygens (including phenoxy) is 2. The monoisotopic (exact) mass is 330 g/mol. The lowest BCUT2D eigenvalue weighted by atomic mass is 9.97. The lowest BCUT2D eigenvalue weighted by molar-refractivity contribution is -0.158. The number of aliphatic hydroxyl groups is 1. The molecule has 1 fully saturated rings. The molecule has 0 aliphatic carbocycles. The highest BCUT2D eigenvalue weighted by molar-refractivity contribution is 6.74. The van der Waals surface area contributed by atoms with Gasteiger partial charge in [-0.15, -0.1) is 6.58 Å². The van der Waals surface area contributed by atoms with E-state index in [0.29, 0.717) is 6.61 Å². The fourth-order valence-electron chi connectivity index (χ4n) is 2.23. The molecule has 1 N–H and O–H groups in total. The summed E-state index contributed by atoms with van der Waals surface area (Å²) >= 11 is 0. The van der Waals surface area contributed by atoms with Gasteiger partial charge in [0.25, 0.3) is 0 Å². The van der Waals surface area contributed by atoms with Gasteiger partial charge in [0.15, 0.2) is 14.1 Å². The van der Waals surface area contributed by atoms with Crippen LogP contribution in [-0.4, -0.2) is 44.1 Å². The van der Waals surface area contributed by atoms with E-state index in [-0.39, 0.29) is 17.1 Å². The molecule has 0 aromatic rings. The predicted molar refractivity (Wildman–Crippen MR) is 92.3 cm³/mol. The summed E-state index contributed by atoms with van der Waals surface area (Å²) in [5, 5.41) is 10.6. The summed E-state index contributed by atoms with van der Waals surface area (Å²) in [6.45, 7) is 20.9. The second-order valence-corrected chi connectivity index (χ2v) is 13.1. The molecule has 0 aromatic heterocycles. The Morgan fingerprint density at radius 3 is 2.32 bits per heavy atom. The molecule has 0 amide bonds. The average Bonchev–Trinajstić information content (AvgIpc) is 2.68. The summed E-state index contributed by atoms with van der Waals surface area (Å²) in [5.41, 5.74) is 0. The molecular weight excluding hydrogens is 296 g/mol. The number of rotatable bonds is 6. The maximum Gasteiger partial charge on any atom is 0.192 e. The molecule has 4 nitrogen and oxygen atoms in total. The Labute approximate surface area is 137 Å². The first-order valence-corrected chi connectivity index (χ1v) is 11.0. The van der Waals surface area contributed by atoms with Crippen molar-refractivity contribution in [2.45, 2.75) is 83.8 Å². The highest BCUT2D eigenvalue weighted by Crippen LogP contribution is 2.38. The average molecular weight is 331 g/mol. The summed E-state index contributed by atoms with van der Waals surface area (Å²) in [6.07, 6.45) is 0.437. The van der Waals surface area contributed by atoms with Crippen LogP contribution in [0.5, 0.6) is 0 Å². The second kappa shape index (κ2) is 6.73. The van der Waals surface area contributed by atoms with Crippen molar-refractivity contribution in [2.24, 2.45) is 5.92 Å². The smallest absolute Gasteiger partial charge is 0.192 e. The van der Waals surface area contributed by atoms with Crippen molar-refractivity contribution in [1.82, 2.24) is 0 Å². The first-order valence-electron chi connectivity index (χ1n) is 8.11. The third kappa shape index (κ3) is 4.65. The van der Waals surface area contributed by atoms with Crippen molar-refractivity contribution in [2.75, 3.05) is 6.61 Å². The van der Waals surface area contributed by atoms with Crippen molar-refractivity contribution in [1.29, 1.82) is 0 Å². The summed E-state index contributed by atoms with van der Waals surface area (Å²) in [7, 11) is -1.86. The maximum atomic E-state index is 10.5. The molecule has 22 heavy (non-hydrogen) atoms. The topological polar surface area (TPSA) is 47.9 Å². The first-order chi connectivity index (χ1) is 9.81. The number of aliphatic hydroxyl groups excluding tert-OH is 1. The largest absolute Gasteiger partial charge is 0.414 e. The van der Waals surface area contributed by atoms with E-state index in [1.807, 2.05) is 20.8 Å². The predicted octanol–water partition coefficient (Wildman–Crippen LogP) is 3.71. The third-order valence-corrected chi connectivity index (χ3v) is 9.38. The Morgan fingerprint density at radius 1 is 1.32 bits per heavy atom. The Morgan fingerprint density at radius 2 is 1.86 bits per heavy atom. The van der Waals surface area contributed by atoms with E-state index in [2.05, 4.69) is 40.4 Å². The minimum atomic E-state index is -1.86. The van der Waals surface area contributed by atoms with Crippen LogP contribution in [0.3, 0.4) is 0 Å². The number of hydrogen-bond acceptors (Lipinski definition) is 4. The van der Waals surface area contributed by atoms with Crippen LogP contribution in [-0.2, 0) is 13.9 Å². The van der Waals surface area contributed by atoms with E-state index in [0.717, 1.165) is 0 Å². The van der Waals surface area contributed by atoms with Crippen LogP contribution in [0.1, 0.15) is 41.5 Å². The van der Waals surface area contributed by atoms with E-state index in [1.165, 1.54) is 0 Å². The van der Waals surface area contributed by atoms with Crippen LogP contribution in [0.2, 0.25) is 18.1 Å². The van der Waals surface area contributed by atoms with Crippen LogP contribution < -0.4 is 0 Å².